The van der Waals surface area contributed by atoms with Crippen molar-refractivity contribution in [2.45, 2.75) is 44.9 Å². The Morgan fingerprint density at radius 1 is 1.33 bits per heavy atom. The van der Waals surface area contributed by atoms with Gasteiger partial charge in [-0.25, -0.2) is 8.42 Å². The number of nitrogens with zero attached hydrogens (tertiary/aromatic N) is 1. The zero-order valence-corrected chi connectivity index (χ0v) is 16.1. The van der Waals surface area contributed by atoms with E-state index in [1.165, 1.54) is 0 Å². The molecule has 1 aromatic carbocycles. The van der Waals surface area contributed by atoms with E-state index in [1.54, 1.807) is 10.4 Å². The molecule has 21 heavy (non-hydrogen) atoms. The number of hydrogen-bond acceptors (Lipinski definition) is 2. The van der Waals surface area contributed by atoms with Crippen LogP contribution >= 0.6 is 27.5 Å². The third kappa shape index (κ3) is 4.44. The molecule has 0 heterocycles. The first kappa shape index (κ1) is 18.9. The van der Waals surface area contributed by atoms with Gasteiger partial charge >= 0.3 is 0 Å². The molecule has 0 spiro atoms. The van der Waals surface area contributed by atoms with E-state index in [4.69, 9.17) is 11.6 Å². The van der Waals surface area contributed by atoms with Crippen LogP contribution in [-0.4, -0.2) is 25.8 Å². The number of benzene rings is 1. The van der Waals surface area contributed by atoms with Gasteiger partial charge in [0.15, 0.2) is 0 Å². The van der Waals surface area contributed by atoms with E-state index in [9.17, 15) is 8.42 Å². The molecular weight excluding hydrogens is 374 g/mol. The van der Waals surface area contributed by atoms with Crippen LogP contribution in [0.2, 0.25) is 0 Å². The average molecular weight is 397 g/mol. The lowest BCUT2D eigenvalue weighted by molar-refractivity contribution is 0.361. The number of alkyl halides is 1. The van der Waals surface area contributed by atoms with Crippen molar-refractivity contribution in [3.63, 3.8) is 0 Å². The molecule has 120 valence electrons. The lowest BCUT2D eigenvalue weighted by atomic mass is 10.1. The number of halogens is 2. The average Bonchev–Trinajstić information content (AvgIpc) is 2.46. The van der Waals surface area contributed by atoms with E-state index in [0.29, 0.717) is 34.3 Å². The Balaban J connectivity index is 3.31. The molecule has 3 nitrogen and oxygen atoms in total. The second-order valence-corrected chi connectivity index (χ2v) is 8.29. The summed E-state index contributed by atoms with van der Waals surface area (Å²) in [7, 11) is -3.51. The lowest BCUT2D eigenvalue weighted by Crippen LogP contribution is -2.34. The minimum absolute atomic E-state index is 0.300. The highest BCUT2D eigenvalue weighted by molar-refractivity contribution is 9.10. The molecule has 0 radical (unpaired) electrons. The van der Waals surface area contributed by atoms with Crippen molar-refractivity contribution in [1.29, 1.82) is 0 Å². The first-order valence-electron chi connectivity index (χ1n) is 7.13. The fourth-order valence-corrected chi connectivity index (χ4v) is 4.84. The Morgan fingerprint density at radius 2 is 1.95 bits per heavy atom. The van der Waals surface area contributed by atoms with Gasteiger partial charge in [0.1, 0.15) is 0 Å². The molecule has 0 aliphatic heterocycles. The molecule has 0 bridgehead atoms. The summed E-state index contributed by atoms with van der Waals surface area (Å²) in [6.07, 6.45) is 0.952. The topological polar surface area (TPSA) is 37.4 Å². The number of rotatable bonds is 7. The van der Waals surface area contributed by atoms with Crippen LogP contribution in [0.4, 0.5) is 0 Å². The summed E-state index contributed by atoms with van der Waals surface area (Å²) in [6.45, 7) is 8.87. The second kappa shape index (κ2) is 7.95. The van der Waals surface area contributed by atoms with Crippen molar-refractivity contribution in [3.8, 4) is 0 Å². The summed E-state index contributed by atoms with van der Waals surface area (Å²) in [5.41, 5.74) is 1.70. The Labute approximate surface area is 141 Å². The number of hydrogen-bond donors (Lipinski definition) is 0. The van der Waals surface area contributed by atoms with Crippen LogP contribution in [0, 0.1) is 12.8 Å². The molecule has 0 saturated heterocycles. The monoisotopic (exact) mass is 395 g/mol. The highest BCUT2D eigenvalue weighted by atomic mass is 79.9. The fraction of sp³-hybridized carbons (Fsp3) is 0.600. The molecule has 0 saturated carbocycles. The van der Waals surface area contributed by atoms with E-state index in [1.807, 2.05) is 19.9 Å². The third-order valence-electron chi connectivity index (χ3n) is 3.62. The predicted octanol–water partition coefficient (Wildman–Crippen LogP) is 4.55. The van der Waals surface area contributed by atoms with Crippen molar-refractivity contribution in [2.75, 3.05) is 13.1 Å². The van der Waals surface area contributed by atoms with Gasteiger partial charge in [-0.2, -0.15) is 4.31 Å². The molecule has 0 N–H and O–H groups in total. The van der Waals surface area contributed by atoms with Crippen LogP contribution in [0.25, 0.3) is 0 Å². The molecule has 6 heteroatoms. The van der Waals surface area contributed by atoms with Crippen LogP contribution in [0.15, 0.2) is 21.5 Å². The highest BCUT2D eigenvalue weighted by Crippen LogP contribution is 2.30. The molecular formula is C15H23BrClNO2S. The summed E-state index contributed by atoms with van der Waals surface area (Å²) in [6, 6.07) is 3.57. The fourth-order valence-electron chi connectivity index (χ4n) is 2.09. The molecule has 0 aliphatic rings. The summed E-state index contributed by atoms with van der Waals surface area (Å²) >= 11 is 9.28. The van der Waals surface area contributed by atoms with Crippen molar-refractivity contribution in [2.24, 2.45) is 5.92 Å². The van der Waals surface area contributed by atoms with E-state index < -0.39 is 10.0 Å². The highest BCUT2D eigenvalue weighted by Gasteiger charge is 2.27. The summed E-state index contributed by atoms with van der Waals surface area (Å²) in [5.74, 6) is 0.629. The summed E-state index contributed by atoms with van der Waals surface area (Å²) in [4.78, 5) is 0.309. The van der Waals surface area contributed by atoms with Gasteiger partial charge in [0.05, 0.1) is 4.90 Å². The van der Waals surface area contributed by atoms with Crippen molar-refractivity contribution >= 4 is 37.6 Å². The minimum Gasteiger partial charge on any atom is -0.207 e. The smallest absolute Gasteiger partial charge is 0.207 e. The van der Waals surface area contributed by atoms with Crippen LogP contribution in [0.1, 0.15) is 38.3 Å². The van der Waals surface area contributed by atoms with E-state index in [0.717, 1.165) is 17.5 Å². The molecule has 1 aromatic rings. The van der Waals surface area contributed by atoms with Gasteiger partial charge in [-0.15, -0.1) is 11.6 Å². The Morgan fingerprint density at radius 3 is 2.43 bits per heavy atom. The van der Waals surface area contributed by atoms with E-state index in [-0.39, 0.29) is 0 Å². The van der Waals surface area contributed by atoms with Gasteiger partial charge in [0.25, 0.3) is 0 Å². The first-order valence-corrected chi connectivity index (χ1v) is 9.89. The van der Waals surface area contributed by atoms with Gasteiger partial charge in [-0.1, -0.05) is 33.3 Å². The Bertz CT molecular complexity index is 590. The van der Waals surface area contributed by atoms with E-state index in [2.05, 4.69) is 29.8 Å². The number of aryl methyl sites for hydroxylation is 1. The van der Waals surface area contributed by atoms with Gasteiger partial charge in [-0.3, -0.25) is 0 Å². The van der Waals surface area contributed by atoms with Crippen LogP contribution in [0.3, 0.4) is 0 Å². The first-order chi connectivity index (χ1) is 9.77. The molecule has 0 aliphatic carbocycles. The summed E-state index contributed by atoms with van der Waals surface area (Å²) < 4.78 is 28.0. The predicted molar refractivity (Wildman–Crippen MR) is 92.3 cm³/mol. The molecule has 0 aromatic heterocycles. The standard InChI is InChI=1S/C15H23BrClNO2S/c1-5-11(3)10-18(6-2)21(19,20)14-8-13(9-17)7-12(4)15(14)16/h7-8,11H,5-6,9-10H2,1-4H3. The third-order valence-corrected chi connectivity index (χ3v) is 7.21. The maximum Gasteiger partial charge on any atom is 0.244 e. The Kier molecular flexibility index (Phi) is 7.17. The van der Waals surface area contributed by atoms with Gasteiger partial charge in [0.2, 0.25) is 10.0 Å². The zero-order valence-electron chi connectivity index (χ0n) is 13.0. The van der Waals surface area contributed by atoms with Crippen molar-refractivity contribution in [1.82, 2.24) is 4.31 Å². The second-order valence-electron chi connectivity index (χ2n) is 5.33. The van der Waals surface area contributed by atoms with Gasteiger partial charge in [-0.05, 0) is 46.0 Å². The van der Waals surface area contributed by atoms with Gasteiger partial charge < -0.3 is 0 Å². The Hall–Kier alpha value is -0.100. The molecule has 1 unspecified atom stereocenters. The normalized spacial score (nSPS) is 13.7. The molecule has 0 amide bonds. The molecule has 1 atom stereocenters. The van der Waals surface area contributed by atoms with E-state index >= 15 is 0 Å². The summed E-state index contributed by atoms with van der Waals surface area (Å²) in [5, 5.41) is 0. The quantitative estimate of drug-likeness (QED) is 0.634. The molecule has 0 fully saturated rings. The van der Waals surface area contributed by atoms with Crippen LogP contribution in [0.5, 0.6) is 0 Å². The zero-order chi connectivity index (χ0) is 16.2. The van der Waals surface area contributed by atoms with Gasteiger partial charge in [0, 0.05) is 23.4 Å². The maximum atomic E-state index is 12.9. The van der Waals surface area contributed by atoms with Crippen LogP contribution in [-0.2, 0) is 15.9 Å². The van der Waals surface area contributed by atoms with Crippen LogP contribution < -0.4 is 0 Å². The van der Waals surface area contributed by atoms with Crippen molar-refractivity contribution in [3.05, 3.63) is 27.7 Å². The maximum absolute atomic E-state index is 12.9. The lowest BCUT2D eigenvalue weighted by Gasteiger charge is -2.24. The molecule has 1 rings (SSSR count). The minimum atomic E-state index is -3.51. The largest absolute Gasteiger partial charge is 0.244 e. The SMILES string of the molecule is CCC(C)CN(CC)S(=O)(=O)c1cc(CCl)cc(C)c1Br. The number of sulfonamides is 1. The van der Waals surface area contributed by atoms with Crippen molar-refractivity contribution < 1.29 is 8.42 Å².